The fraction of sp³-hybridized carbons (Fsp3) is 0.350. The van der Waals surface area contributed by atoms with Crippen molar-refractivity contribution in [2.75, 3.05) is 18.1 Å². The zero-order valence-electron chi connectivity index (χ0n) is 14.7. The highest BCUT2D eigenvalue weighted by atomic mass is 35.5. The summed E-state index contributed by atoms with van der Waals surface area (Å²) in [5, 5.41) is 0.643. The van der Waals surface area contributed by atoms with Gasteiger partial charge in [0.25, 0.3) is 11.5 Å². The molecular formula is C20H19ClN2O3S. The lowest BCUT2D eigenvalue weighted by molar-refractivity contribution is 0.0699. The summed E-state index contributed by atoms with van der Waals surface area (Å²) in [6.07, 6.45) is 1.86. The molecule has 0 bridgehead atoms. The van der Waals surface area contributed by atoms with Crippen LogP contribution in [0.5, 0.6) is 0 Å². The van der Waals surface area contributed by atoms with Crippen molar-refractivity contribution in [1.29, 1.82) is 0 Å². The number of halogens is 1. The second-order valence-corrected chi connectivity index (χ2v) is 8.41. The van der Waals surface area contributed by atoms with Crippen LogP contribution >= 0.6 is 23.4 Å². The quantitative estimate of drug-likeness (QED) is 0.834. The van der Waals surface area contributed by atoms with Crippen LogP contribution in [0, 0.1) is 0 Å². The van der Waals surface area contributed by atoms with Crippen molar-refractivity contribution >= 4 is 35.1 Å². The summed E-state index contributed by atoms with van der Waals surface area (Å²) < 4.78 is 0. The molecule has 2 aliphatic rings. The van der Waals surface area contributed by atoms with Crippen LogP contribution in [0.3, 0.4) is 0 Å². The molecule has 140 valence electrons. The second-order valence-electron chi connectivity index (χ2n) is 6.82. The molecule has 1 saturated heterocycles. The van der Waals surface area contributed by atoms with E-state index in [4.69, 9.17) is 11.6 Å². The predicted molar refractivity (Wildman–Crippen MR) is 107 cm³/mol. The number of carbonyl (C=O) groups excluding carboxylic acids is 2. The number of hydrogen-bond donors (Lipinski definition) is 1. The van der Waals surface area contributed by atoms with Crippen molar-refractivity contribution in [1.82, 2.24) is 9.88 Å². The number of aromatic nitrogens is 1. The largest absolute Gasteiger partial charge is 0.330 e. The van der Waals surface area contributed by atoms with E-state index in [2.05, 4.69) is 4.98 Å². The van der Waals surface area contributed by atoms with Gasteiger partial charge in [-0.25, -0.2) is 0 Å². The molecule has 2 aromatic rings. The molecule has 2 heterocycles. The van der Waals surface area contributed by atoms with Crippen molar-refractivity contribution in [2.45, 2.75) is 25.3 Å². The standard InChI is InChI=1S/C20H19ClN2O3S/c21-13-6-4-12(5-7-13)17-11-27-9-8-23(17)20(26)15-10-14-16(22-19(15)25)2-1-3-18(14)24/h4-7,10,17H,1-3,8-9,11H2,(H,22,25). The Labute approximate surface area is 166 Å². The highest BCUT2D eigenvalue weighted by molar-refractivity contribution is 7.99. The smallest absolute Gasteiger partial charge is 0.261 e. The maximum atomic E-state index is 13.2. The van der Waals surface area contributed by atoms with Gasteiger partial charge in [0, 0.05) is 40.8 Å². The first-order valence-electron chi connectivity index (χ1n) is 8.98. The molecule has 4 rings (SSSR count). The summed E-state index contributed by atoms with van der Waals surface area (Å²) in [6.45, 7) is 0.557. The first-order valence-corrected chi connectivity index (χ1v) is 10.5. The molecule has 0 radical (unpaired) electrons. The van der Waals surface area contributed by atoms with Gasteiger partial charge in [-0.3, -0.25) is 14.4 Å². The van der Waals surface area contributed by atoms with Crippen LogP contribution in [0.1, 0.15) is 50.9 Å². The maximum Gasteiger partial charge on any atom is 0.261 e. The van der Waals surface area contributed by atoms with E-state index < -0.39 is 5.56 Å². The SMILES string of the molecule is O=C1CCCc2[nH]c(=O)c(C(=O)N3CCSCC3c3ccc(Cl)cc3)cc21. The molecule has 7 heteroatoms. The minimum Gasteiger partial charge on any atom is -0.330 e. The summed E-state index contributed by atoms with van der Waals surface area (Å²) in [6, 6.07) is 8.82. The highest BCUT2D eigenvalue weighted by Crippen LogP contribution is 2.31. The summed E-state index contributed by atoms with van der Waals surface area (Å²) in [5.74, 6) is 1.25. The first-order chi connectivity index (χ1) is 13.0. The Balaban J connectivity index is 1.70. The molecule has 1 aliphatic heterocycles. The van der Waals surface area contributed by atoms with Gasteiger partial charge >= 0.3 is 0 Å². The molecule has 1 N–H and O–H groups in total. The normalized spacial score (nSPS) is 19.7. The van der Waals surface area contributed by atoms with Crippen LogP contribution < -0.4 is 5.56 Å². The summed E-state index contributed by atoms with van der Waals surface area (Å²) >= 11 is 7.76. The second kappa shape index (κ2) is 7.52. The molecule has 5 nitrogen and oxygen atoms in total. The van der Waals surface area contributed by atoms with E-state index >= 15 is 0 Å². The topological polar surface area (TPSA) is 70.2 Å². The van der Waals surface area contributed by atoms with Crippen LogP contribution in [0.25, 0.3) is 0 Å². The summed E-state index contributed by atoms with van der Waals surface area (Å²) in [4.78, 5) is 42.5. The van der Waals surface area contributed by atoms with Gasteiger partial charge in [-0.2, -0.15) is 11.8 Å². The number of ketones is 1. The molecule has 1 aromatic carbocycles. The number of nitrogens with zero attached hydrogens (tertiary/aromatic N) is 1. The fourth-order valence-electron chi connectivity index (χ4n) is 3.70. The number of Topliss-reactive ketones (excluding diaryl/α,β-unsaturated/α-hetero) is 1. The molecule has 1 aromatic heterocycles. The average Bonchev–Trinajstić information content (AvgIpc) is 2.68. The van der Waals surface area contributed by atoms with Crippen LogP contribution in [0.4, 0.5) is 0 Å². The third kappa shape index (κ3) is 3.56. The Hall–Kier alpha value is -2.05. The molecule has 1 unspecified atom stereocenters. The van der Waals surface area contributed by atoms with E-state index in [1.165, 1.54) is 6.07 Å². The lowest BCUT2D eigenvalue weighted by atomic mass is 9.93. The first kappa shape index (κ1) is 18.3. The number of nitrogens with one attached hydrogen (secondary N) is 1. The molecule has 0 saturated carbocycles. The zero-order chi connectivity index (χ0) is 19.0. The summed E-state index contributed by atoms with van der Waals surface area (Å²) in [5.41, 5.74) is 1.76. The van der Waals surface area contributed by atoms with Gasteiger partial charge in [0.05, 0.1) is 6.04 Å². The Bertz CT molecular complexity index is 955. The molecule has 0 spiro atoms. The minimum absolute atomic E-state index is 0.00926. The van der Waals surface area contributed by atoms with Crippen molar-refractivity contribution in [3.8, 4) is 0 Å². The van der Waals surface area contributed by atoms with Crippen LogP contribution in [0.15, 0.2) is 35.1 Å². The van der Waals surface area contributed by atoms with Crippen LogP contribution in [-0.2, 0) is 6.42 Å². The number of thioether (sulfide) groups is 1. The molecule has 1 aliphatic carbocycles. The monoisotopic (exact) mass is 402 g/mol. The number of aryl methyl sites for hydroxylation is 1. The fourth-order valence-corrected chi connectivity index (χ4v) is 4.91. The Morgan fingerprint density at radius 3 is 2.74 bits per heavy atom. The number of fused-ring (bicyclic) bond motifs is 1. The maximum absolute atomic E-state index is 13.2. The number of amides is 1. The van der Waals surface area contributed by atoms with E-state index in [1.54, 1.807) is 16.7 Å². The van der Waals surface area contributed by atoms with Crippen LogP contribution in [-0.4, -0.2) is 39.6 Å². The molecule has 27 heavy (non-hydrogen) atoms. The third-order valence-electron chi connectivity index (χ3n) is 5.13. The van der Waals surface area contributed by atoms with Crippen molar-refractivity contribution in [2.24, 2.45) is 0 Å². The van der Waals surface area contributed by atoms with Gasteiger partial charge in [-0.15, -0.1) is 0 Å². The van der Waals surface area contributed by atoms with Gasteiger partial charge < -0.3 is 9.88 Å². The molecular weight excluding hydrogens is 384 g/mol. The van der Waals surface area contributed by atoms with E-state index in [0.717, 1.165) is 23.5 Å². The number of carbonyl (C=O) groups is 2. The van der Waals surface area contributed by atoms with E-state index in [-0.39, 0.29) is 23.3 Å². The van der Waals surface area contributed by atoms with Gasteiger partial charge in [-0.1, -0.05) is 23.7 Å². The molecule has 1 fully saturated rings. The summed E-state index contributed by atoms with van der Waals surface area (Å²) in [7, 11) is 0. The Kier molecular flexibility index (Phi) is 5.10. The van der Waals surface area contributed by atoms with Crippen molar-refractivity contribution < 1.29 is 9.59 Å². The Morgan fingerprint density at radius 1 is 1.19 bits per heavy atom. The minimum atomic E-state index is -0.415. The van der Waals surface area contributed by atoms with Gasteiger partial charge in [0.15, 0.2) is 5.78 Å². The predicted octanol–water partition coefficient (Wildman–Crippen LogP) is 3.48. The molecule has 1 amide bonds. The number of benzene rings is 1. The van der Waals surface area contributed by atoms with Crippen molar-refractivity contribution in [3.63, 3.8) is 0 Å². The van der Waals surface area contributed by atoms with E-state index in [1.807, 2.05) is 24.3 Å². The van der Waals surface area contributed by atoms with Crippen LogP contribution in [0.2, 0.25) is 5.02 Å². The highest BCUT2D eigenvalue weighted by Gasteiger charge is 2.31. The van der Waals surface area contributed by atoms with Gasteiger partial charge in [0.1, 0.15) is 5.56 Å². The zero-order valence-corrected chi connectivity index (χ0v) is 16.2. The number of rotatable bonds is 2. The average molecular weight is 403 g/mol. The lowest BCUT2D eigenvalue weighted by Crippen LogP contribution is -2.43. The van der Waals surface area contributed by atoms with Gasteiger partial charge in [-0.05, 0) is 36.6 Å². The van der Waals surface area contributed by atoms with E-state index in [9.17, 15) is 14.4 Å². The number of aromatic amines is 1. The lowest BCUT2D eigenvalue weighted by Gasteiger charge is -2.35. The number of pyridine rings is 1. The van der Waals surface area contributed by atoms with Crippen molar-refractivity contribution in [3.05, 3.63) is 68.1 Å². The molecule has 1 atom stereocenters. The number of hydrogen-bond acceptors (Lipinski definition) is 4. The Morgan fingerprint density at radius 2 is 1.96 bits per heavy atom. The van der Waals surface area contributed by atoms with E-state index in [0.29, 0.717) is 35.7 Å². The van der Waals surface area contributed by atoms with Gasteiger partial charge in [0.2, 0.25) is 0 Å². The third-order valence-corrected chi connectivity index (χ3v) is 6.40. The number of H-pyrrole nitrogens is 1.